The molecule has 0 amide bonds. The quantitative estimate of drug-likeness (QED) is 0.673. The van der Waals surface area contributed by atoms with Gasteiger partial charge in [0.2, 0.25) is 5.95 Å². The molecule has 7 heteroatoms. The van der Waals surface area contributed by atoms with Crippen LogP contribution in [0.1, 0.15) is 11.1 Å². The molecule has 0 spiro atoms. The summed E-state index contributed by atoms with van der Waals surface area (Å²) < 4.78 is 10.6. The van der Waals surface area contributed by atoms with E-state index in [1.807, 2.05) is 18.2 Å². The minimum Gasteiger partial charge on any atom is -0.497 e. The third-order valence-corrected chi connectivity index (χ3v) is 3.77. The lowest BCUT2D eigenvalue weighted by atomic mass is 10.1. The van der Waals surface area contributed by atoms with Crippen molar-refractivity contribution in [3.63, 3.8) is 0 Å². The summed E-state index contributed by atoms with van der Waals surface area (Å²) in [6.45, 7) is 2.73. The normalized spacial score (nSPS) is 10.3. The molecule has 1 heterocycles. The lowest BCUT2D eigenvalue weighted by Gasteiger charge is -2.12. The molecule has 0 aliphatic heterocycles. The first kappa shape index (κ1) is 17.5. The largest absolute Gasteiger partial charge is 0.497 e. The van der Waals surface area contributed by atoms with E-state index in [1.165, 1.54) is 11.1 Å². The Morgan fingerprint density at radius 1 is 1.04 bits per heavy atom. The minimum absolute atomic E-state index is 0.378. The number of hydrogen-bond acceptors (Lipinski definition) is 7. The molecule has 0 fully saturated rings. The van der Waals surface area contributed by atoms with Crippen LogP contribution >= 0.6 is 0 Å². The lowest BCUT2D eigenvalue weighted by Crippen LogP contribution is -2.06. The van der Waals surface area contributed by atoms with Gasteiger partial charge >= 0.3 is 0 Å². The number of aromatic nitrogens is 3. The third kappa shape index (κ3) is 4.38. The highest BCUT2D eigenvalue weighted by molar-refractivity contribution is 5.64. The van der Waals surface area contributed by atoms with Gasteiger partial charge in [0.05, 0.1) is 26.1 Å². The van der Waals surface area contributed by atoms with Crippen molar-refractivity contribution < 1.29 is 9.47 Å². The molecule has 0 saturated heterocycles. The van der Waals surface area contributed by atoms with Gasteiger partial charge in [0.15, 0.2) is 5.82 Å². The van der Waals surface area contributed by atoms with Gasteiger partial charge in [-0.2, -0.15) is 10.1 Å². The van der Waals surface area contributed by atoms with Gasteiger partial charge in [-0.15, -0.1) is 5.10 Å². The van der Waals surface area contributed by atoms with Crippen molar-refractivity contribution in [3.8, 4) is 11.5 Å². The van der Waals surface area contributed by atoms with Gasteiger partial charge in [-0.1, -0.05) is 29.8 Å². The minimum atomic E-state index is 0.378. The number of benzene rings is 2. The van der Waals surface area contributed by atoms with E-state index in [1.54, 1.807) is 26.5 Å². The van der Waals surface area contributed by atoms with Gasteiger partial charge in [0.25, 0.3) is 0 Å². The maximum absolute atomic E-state index is 5.37. The maximum Gasteiger partial charge on any atom is 0.249 e. The number of nitrogens with one attached hydrogen (secondary N) is 2. The van der Waals surface area contributed by atoms with Crippen LogP contribution in [0.25, 0.3) is 0 Å². The van der Waals surface area contributed by atoms with Crippen molar-refractivity contribution in [2.75, 3.05) is 24.9 Å². The first-order chi connectivity index (χ1) is 12.7. The Morgan fingerprint density at radius 2 is 1.92 bits per heavy atom. The fourth-order valence-electron chi connectivity index (χ4n) is 2.48. The van der Waals surface area contributed by atoms with Gasteiger partial charge in [-0.05, 0) is 24.6 Å². The van der Waals surface area contributed by atoms with Crippen LogP contribution in [0, 0.1) is 6.92 Å². The lowest BCUT2D eigenvalue weighted by molar-refractivity contribution is 0.395. The number of anilines is 3. The van der Waals surface area contributed by atoms with Crippen LogP contribution < -0.4 is 20.1 Å². The van der Waals surface area contributed by atoms with Gasteiger partial charge in [-0.25, -0.2) is 0 Å². The van der Waals surface area contributed by atoms with Crippen molar-refractivity contribution in [2.45, 2.75) is 13.5 Å². The number of nitrogens with zero attached hydrogens (tertiary/aromatic N) is 3. The Morgan fingerprint density at radius 3 is 2.69 bits per heavy atom. The molecule has 0 bridgehead atoms. The van der Waals surface area contributed by atoms with E-state index >= 15 is 0 Å². The molecule has 2 N–H and O–H groups in total. The molecule has 26 heavy (non-hydrogen) atoms. The summed E-state index contributed by atoms with van der Waals surface area (Å²) in [6.07, 6.45) is 1.59. The Labute approximate surface area is 152 Å². The standard InChI is InChI=1S/C19H21N5O2/c1-13-5-4-6-14(9-13)11-20-18-12-21-24-19(23-18)22-16-8-7-15(25-2)10-17(16)26-3/h4-10,12H,11H2,1-3H3,(H2,20,22,23,24). The third-order valence-electron chi connectivity index (χ3n) is 3.77. The van der Waals surface area contributed by atoms with E-state index < -0.39 is 0 Å². The summed E-state index contributed by atoms with van der Waals surface area (Å²) in [4.78, 5) is 4.44. The van der Waals surface area contributed by atoms with Crippen LogP contribution in [-0.4, -0.2) is 29.4 Å². The van der Waals surface area contributed by atoms with Gasteiger partial charge in [0, 0.05) is 12.6 Å². The van der Waals surface area contributed by atoms with E-state index in [0.717, 1.165) is 5.69 Å². The summed E-state index contributed by atoms with van der Waals surface area (Å²) in [7, 11) is 3.21. The highest BCUT2D eigenvalue weighted by atomic mass is 16.5. The number of rotatable bonds is 7. The molecular weight excluding hydrogens is 330 g/mol. The zero-order chi connectivity index (χ0) is 18.4. The summed E-state index contributed by atoms with van der Waals surface area (Å²) in [5, 5.41) is 14.4. The summed E-state index contributed by atoms with van der Waals surface area (Å²) >= 11 is 0. The van der Waals surface area contributed by atoms with Crippen molar-refractivity contribution in [1.29, 1.82) is 0 Å². The fraction of sp³-hybridized carbons (Fsp3) is 0.211. The van der Waals surface area contributed by atoms with E-state index in [9.17, 15) is 0 Å². The maximum atomic E-state index is 5.37. The summed E-state index contributed by atoms with van der Waals surface area (Å²) in [6, 6.07) is 13.8. The molecule has 0 aliphatic rings. The van der Waals surface area contributed by atoms with E-state index in [4.69, 9.17) is 9.47 Å². The van der Waals surface area contributed by atoms with Crippen LogP contribution in [-0.2, 0) is 6.54 Å². The van der Waals surface area contributed by atoms with Crippen LogP contribution in [0.3, 0.4) is 0 Å². The summed E-state index contributed by atoms with van der Waals surface area (Å²) in [5.74, 6) is 2.35. The Hall–Kier alpha value is -3.35. The number of methoxy groups -OCH3 is 2. The SMILES string of the molecule is COc1ccc(Nc2nncc(NCc3cccc(C)c3)n2)c(OC)c1. The second-order valence-corrected chi connectivity index (χ2v) is 5.70. The highest BCUT2D eigenvalue weighted by Gasteiger charge is 2.08. The van der Waals surface area contributed by atoms with Crippen molar-refractivity contribution in [2.24, 2.45) is 0 Å². The Balaban J connectivity index is 1.71. The first-order valence-corrected chi connectivity index (χ1v) is 8.16. The van der Waals surface area contributed by atoms with E-state index in [0.29, 0.717) is 29.8 Å². The molecule has 7 nitrogen and oxygen atoms in total. The molecule has 134 valence electrons. The Kier molecular flexibility index (Phi) is 5.48. The predicted octanol–water partition coefficient (Wildman–Crippen LogP) is 3.55. The molecule has 0 radical (unpaired) electrons. The molecule has 0 atom stereocenters. The molecule has 0 saturated carbocycles. The van der Waals surface area contributed by atoms with Crippen LogP contribution in [0.2, 0.25) is 0 Å². The molecular formula is C19H21N5O2. The van der Waals surface area contributed by atoms with Gasteiger partial charge < -0.3 is 20.1 Å². The zero-order valence-electron chi connectivity index (χ0n) is 15.0. The number of ether oxygens (including phenoxy) is 2. The number of aryl methyl sites for hydroxylation is 1. The van der Waals surface area contributed by atoms with Crippen LogP contribution in [0.5, 0.6) is 11.5 Å². The molecule has 3 rings (SSSR count). The average molecular weight is 351 g/mol. The molecule has 3 aromatic rings. The monoisotopic (exact) mass is 351 g/mol. The van der Waals surface area contributed by atoms with Crippen LogP contribution in [0.15, 0.2) is 48.7 Å². The number of hydrogen-bond donors (Lipinski definition) is 2. The topological polar surface area (TPSA) is 81.2 Å². The molecule has 0 aliphatic carbocycles. The molecule has 2 aromatic carbocycles. The van der Waals surface area contributed by atoms with Crippen molar-refractivity contribution in [1.82, 2.24) is 15.2 Å². The van der Waals surface area contributed by atoms with Gasteiger partial charge in [-0.3, -0.25) is 0 Å². The predicted molar refractivity (Wildman–Crippen MR) is 101 cm³/mol. The first-order valence-electron chi connectivity index (χ1n) is 8.16. The highest BCUT2D eigenvalue weighted by Crippen LogP contribution is 2.30. The van der Waals surface area contributed by atoms with Crippen LogP contribution in [0.4, 0.5) is 17.5 Å². The molecule has 1 aromatic heterocycles. The molecule has 0 unspecified atom stereocenters. The second kappa shape index (κ2) is 8.15. The average Bonchev–Trinajstić information content (AvgIpc) is 2.67. The summed E-state index contributed by atoms with van der Waals surface area (Å²) in [5.41, 5.74) is 3.12. The second-order valence-electron chi connectivity index (χ2n) is 5.70. The van der Waals surface area contributed by atoms with Gasteiger partial charge in [0.1, 0.15) is 11.5 Å². The van der Waals surface area contributed by atoms with Crippen molar-refractivity contribution in [3.05, 3.63) is 59.8 Å². The smallest absolute Gasteiger partial charge is 0.249 e. The van der Waals surface area contributed by atoms with E-state index in [2.05, 4.69) is 50.9 Å². The Bertz CT molecular complexity index is 885. The van der Waals surface area contributed by atoms with E-state index in [-0.39, 0.29) is 0 Å². The zero-order valence-corrected chi connectivity index (χ0v) is 15.0. The van der Waals surface area contributed by atoms with Crippen molar-refractivity contribution >= 4 is 17.5 Å². The fourth-order valence-corrected chi connectivity index (χ4v) is 2.48.